The van der Waals surface area contributed by atoms with Crippen LogP contribution in [0.5, 0.6) is 0 Å². The van der Waals surface area contributed by atoms with E-state index in [9.17, 15) is 26.8 Å². The van der Waals surface area contributed by atoms with Crippen molar-refractivity contribution in [3.8, 4) is 0 Å². The molecule has 0 fully saturated rings. The van der Waals surface area contributed by atoms with Crippen LogP contribution in [0.15, 0.2) is 29.2 Å². The molecule has 0 aliphatic heterocycles. The third-order valence-corrected chi connectivity index (χ3v) is 4.64. The fourth-order valence-electron chi connectivity index (χ4n) is 1.80. The van der Waals surface area contributed by atoms with Crippen LogP contribution in [-0.2, 0) is 25.8 Å². The second-order valence-corrected chi connectivity index (χ2v) is 7.06. The minimum Gasteiger partial charge on any atom is -0.481 e. The Morgan fingerprint density at radius 2 is 1.74 bits per heavy atom. The van der Waals surface area contributed by atoms with Crippen LogP contribution >= 0.6 is 0 Å². The second kappa shape index (κ2) is 7.49. The van der Waals surface area contributed by atoms with E-state index in [-0.39, 0.29) is 18.9 Å². The molecule has 1 unspecified atom stereocenters. The van der Waals surface area contributed by atoms with Gasteiger partial charge in [-0.3, -0.25) is 9.59 Å². The van der Waals surface area contributed by atoms with Gasteiger partial charge in [0.25, 0.3) is 0 Å². The Morgan fingerprint density at radius 3 is 2.17 bits per heavy atom. The SMILES string of the molecule is CC(CN(C)C(=O)Cc1ccc(S(=O)(=O)C(F)F)cc1)C(=O)O. The summed E-state index contributed by atoms with van der Waals surface area (Å²) in [5.74, 6) is -5.60. The molecule has 0 heterocycles. The van der Waals surface area contributed by atoms with Crippen molar-refractivity contribution in [1.29, 1.82) is 0 Å². The van der Waals surface area contributed by atoms with E-state index in [0.29, 0.717) is 5.56 Å². The molecule has 1 amide bonds. The van der Waals surface area contributed by atoms with E-state index < -0.39 is 32.4 Å². The average Bonchev–Trinajstić information content (AvgIpc) is 2.47. The number of hydrogen-bond donors (Lipinski definition) is 1. The summed E-state index contributed by atoms with van der Waals surface area (Å²) in [6.07, 6.45) is -0.0855. The molecule has 1 aromatic rings. The van der Waals surface area contributed by atoms with Gasteiger partial charge < -0.3 is 10.0 Å². The van der Waals surface area contributed by atoms with Crippen LogP contribution < -0.4 is 0 Å². The van der Waals surface area contributed by atoms with Gasteiger partial charge in [-0.15, -0.1) is 0 Å². The van der Waals surface area contributed by atoms with Crippen molar-refractivity contribution in [2.24, 2.45) is 5.92 Å². The molecule has 0 saturated carbocycles. The topological polar surface area (TPSA) is 91.8 Å². The fraction of sp³-hybridized carbons (Fsp3) is 0.429. The molecule has 0 spiro atoms. The number of benzene rings is 1. The van der Waals surface area contributed by atoms with Crippen molar-refractivity contribution >= 4 is 21.7 Å². The smallest absolute Gasteiger partial charge is 0.341 e. The Bertz CT molecular complexity index is 673. The van der Waals surface area contributed by atoms with E-state index in [4.69, 9.17) is 5.11 Å². The molecule has 0 radical (unpaired) electrons. The molecule has 0 saturated heterocycles. The Hall–Kier alpha value is -2.03. The van der Waals surface area contributed by atoms with Crippen LogP contribution in [0.2, 0.25) is 0 Å². The lowest BCUT2D eigenvalue weighted by atomic mass is 10.1. The zero-order valence-corrected chi connectivity index (χ0v) is 13.4. The lowest BCUT2D eigenvalue weighted by molar-refractivity contribution is -0.142. The number of halogens is 2. The van der Waals surface area contributed by atoms with E-state index in [0.717, 1.165) is 12.1 Å². The maximum Gasteiger partial charge on any atom is 0.341 e. The van der Waals surface area contributed by atoms with E-state index in [1.54, 1.807) is 0 Å². The van der Waals surface area contributed by atoms with Gasteiger partial charge >= 0.3 is 11.7 Å². The number of sulfone groups is 1. The predicted molar refractivity (Wildman–Crippen MR) is 77.8 cm³/mol. The Morgan fingerprint density at radius 1 is 1.22 bits per heavy atom. The fourth-order valence-corrected chi connectivity index (χ4v) is 2.52. The van der Waals surface area contributed by atoms with Crippen molar-refractivity contribution in [2.45, 2.75) is 24.0 Å². The number of likely N-dealkylation sites (N-methyl/N-ethyl adjacent to an activating group) is 1. The number of hydrogen-bond acceptors (Lipinski definition) is 4. The van der Waals surface area contributed by atoms with Gasteiger partial charge in [-0.25, -0.2) is 8.42 Å². The van der Waals surface area contributed by atoms with Gasteiger partial charge in [0.1, 0.15) is 0 Å². The van der Waals surface area contributed by atoms with Crippen LogP contribution in [0.4, 0.5) is 8.78 Å². The number of rotatable bonds is 7. The molecule has 0 aliphatic carbocycles. The van der Waals surface area contributed by atoms with Gasteiger partial charge in [-0.1, -0.05) is 19.1 Å². The Balaban J connectivity index is 2.75. The quantitative estimate of drug-likeness (QED) is 0.803. The molecule has 1 atom stereocenters. The normalized spacial score (nSPS) is 12.9. The van der Waals surface area contributed by atoms with Crippen LogP contribution in [0, 0.1) is 5.92 Å². The van der Waals surface area contributed by atoms with Crippen LogP contribution in [0.3, 0.4) is 0 Å². The summed E-state index contributed by atoms with van der Waals surface area (Å²) in [6, 6.07) is 4.59. The molecule has 0 aliphatic rings. The number of amides is 1. The third kappa shape index (κ3) is 4.98. The second-order valence-electron chi connectivity index (χ2n) is 5.14. The number of carbonyl (C=O) groups excluding carboxylic acids is 1. The highest BCUT2D eigenvalue weighted by atomic mass is 32.2. The molecule has 128 valence electrons. The highest BCUT2D eigenvalue weighted by Gasteiger charge is 2.26. The van der Waals surface area contributed by atoms with Gasteiger partial charge in [0.2, 0.25) is 15.7 Å². The summed E-state index contributed by atoms with van der Waals surface area (Å²) in [6.45, 7) is 1.50. The standard InChI is InChI=1S/C14H17F2NO5S/c1-9(13(19)20)8-17(2)12(18)7-10-3-5-11(6-4-10)23(21,22)14(15)16/h3-6,9,14H,7-8H2,1-2H3,(H,19,20). The summed E-state index contributed by atoms with van der Waals surface area (Å²) in [5, 5.41) is 8.80. The molecule has 6 nitrogen and oxygen atoms in total. The van der Waals surface area contributed by atoms with Crippen molar-refractivity contribution in [3.63, 3.8) is 0 Å². The maximum absolute atomic E-state index is 12.4. The molecule has 0 bridgehead atoms. The third-order valence-electron chi connectivity index (χ3n) is 3.24. The van der Waals surface area contributed by atoms with Crippen molar-refractivity contribution in [3.05, 3.63) is 29.8 Å². The van der Waals surface area contributed by atoms with Crippen molar-refractivity contribution < 1.29 is 31.9 Å². The lowest BCUT2D eigenvalue weighted by Gasteiger charge is -2.19. The summed E-state index contributed by atoms with van der Waals surface area (Å²) in [5.41, 5.74) is 0.443. The first-order chi connectivity index (χ1) is 10.6. The minimum atomic E-state index is -4.66. The molecular weight excluding hydrogens is 332 g/mol. The zero-order chi connectivity index (χ0) is 17.8. The molecular formula is C14H17F2NO5S. The van der Waals surface area contributed by atoms with Gasteiger partial charge in [0.15, 0.2) is 0 Å². The maximum atomic E-state index is 12.4. The number of carbonyl (C=O) groups is 2. The summed E-state index contributed by atoms with van der Waals surface area (Å²) in [7, 11) is -3.20. The zero-order valence-electron chi connectivity index (χ0n) is 12.6. The van der Waals surface area contributed by atoms with Gasteiger partial charge in [0, 0.05) is 13.6 Å². The summed E-state index contributed by atoms with van der Waals surface area (Å²) >= 11 is 0. The number of alkyl halides is 2. The molecule has 1 aromatic carbocycles. The van der Waals surface area contributed by atoms with Gasteiger partial charge in [0.05, 0.1) is 17.2 Å². The first kappa shape index (κ1) is 19.0. The van der Waals surface area contributed by atoms with Crippen LogP contribution in [0.1, 0.15) is 12.5 Å². The first-order valence-corrected chi connectivity index (χ1v) is 8.18. The molecule has 9 heteroatoms. The summed E-state index contributed by atoms with van der Waals surface area (Å²) in [4.78, 5) is 23.4. The highest BCUT2D eigenvalue weighted by molar-refractivity contribution is 7.91. The number of carboxylic acid groups (broad SMARTS) is 1. The lowest BCUT2D eigenvalue weighted by Crippen LogP contribution is -2.34. The van der Waals surface area contributed by atoms with Crippen LogP contribution in [0.25, 0.3) is 0 Å². The minimum absolute atomic E-state index is 0.0337. The van der Waals surface area contributed by atoms with E-state index in [1.807, 2.05) is 0 Å². The van der Waals surface area contributed by atoms with E-state index in [2.05, 4.69) is 0 Å². The Kier molecular flexibility index (Phi) is 6.20. The van der Waals surface area contributed by atoms with E-state index >= 15 is 0 Å². The monoisotopic (exact) mass is 349 g/mol. The number of nitrogens with zero attached hydrogens (tertiary/aromatic N) is 1. The summed E-state index contributed by atoms with van der Waals surface area (Å²) < 4.78 is 47.4. The molecule has 1 rings (SSSR count). The Labute approximate surface area is 132 Å². The number of carboxylic acids is 1. The first-order valence-electron chi connectivity index (χ1n) is 6.63. The average molecular weight is 349 g/mol. The van der Waals surface area contributed by atoms with E-state index in [1.165, 1.54) is 31.0 Å². The molecule has 1 N–H and O–H groups in total. The van der Waals surface area contributed by atoms with Crippen molar-refractivity contribution in [2.75, 3.05) is 13.6 Å². The molecule has 23 heavy (non-hydrogen) atoms. The van der Waals surface area contributed by atoms with Gasteiger partial charge in [-0.05, 0) is 17.7 Å². The highest BCUT2D eigenvalue weighted by Crippen LogP contribution is 2.19. The number of aliphatic carboxylic acids is 1. The van der Waals surface area contributed by atoms with Crippen molar-refractivity contribution in [1.82, 2.24) is 4.90 Å². The van der Waals surface area contributed by atoms with Gasteiger partial charge in [-0.2, -0.15) is 8.78 Å². The predicted octanol–water partition coefficient (Wildman–Crippen LogP) is 1.40. The molecule has 0 aromatic heterocycles. The van der Waals surface area contributed by atoms with Crippen LogP contribution in [-0.4, -0.2) is 49.7 Å². The largest absolute Gasteiger partial charge is 0.481 e.